The fraction of sp³-hybridized carbons (Fsp3) is 0.294. The molecule has 3 N–H and O–H groups in total. The van der Waals surface area contributed by atoms with Crippen LogP contribution >= 0.6 is 0 Å². The van der Waals surface area contributed by atoms with Gasteiger partial charge in [0.25, 0.3) is 0 Å². The summed E-state index contributed by atoms with van der Waals surface area (Å²) in [5.74, 6) is 0.0344. The molecule has 0 radical (unpaired) electrons. The monoisotopic (exact) mass is 360 g/mol. The molecule has 25 heavy (non-hydrogen) atoms. The predicted octanol–water partition coefficient (Wildman–Crippen LogP) is 1.25. The highest BCUT2D eigenvalue weighted by Crippen LogP contribution is 2.22. The van der Waals surface area contributed by atoms with Crippen molar-refractivity contribution < 1.29 is 13.2 Å². The Labute approximate surface area is 146 Å². The second-order valence-corrected chi connectivity index (χ2v) is 7.66. The number of carbonyl (C=O) groups is 1. The van der Waals surface area contributed by atoms with Crippen LogP contribution in [0.25, 0.3) is 0 Å². The van der Waals surface area contributed by atoms with E-state index in [0.717, 1.165) is 5.56 Å². The summed E-state index contributed by atoms with van der Waals surface area (Å²) in [6.45, 7) is 3.14. The largest absolute Gasteiger partial charge is 0.357 e. The fourth-order valence-electron chi connectivity index (χ4n) is 2.84. The van der Waals surface area contributed by atoms with Crippen molar-refractivity contribution in [2.24, 2.45) is 5.14 Å². The number of anilines is 1. The highest BCUT2D eigenvalue weighted by atomic mass is 32.2. The SMILES string of the molecule is Cc1ccc(CN2CCC(Nc3ncccc3S(N)(=O)=O)C2=O)cc1. The van der Waals surface area contributed by atoms with Gasteiger partial charge in [-0.25, -0.2) is 18.5 Å². The van der Waals surface area contributed by atoms with Crippen molar-refractivity contribution >= 4 is 21.7 Å². The number of rotatable bonds is 5. The molecule has 1 atom stereocenters. The zero-order chi connectivity index (χ0) is 18.0. The van der Waals surface area contributed by atoms with Gasteiger partial charge in [0.1, 0.15) is 16.8 Å². The summed E-state index contributed by atoms with van der Waals surface area (Å²) in [5.41, 5.74) is 2.23. The molecule has 0 bridgehead atoms. The number of likely N-dealkylation sites (tertiary alicyclic amines) is 1. The molecule has 1 saturated heterocycles. The highest BCUT2D eigenvalue weighted by Gasteiger charge is 2.32. The number of hydrogen-bond acceptors (Lipinski definition) is 5. The number of nitrogens with one attached hydrogen (secondary N) is 1. The van der Waals surface area contributed by atoms with Crippen LogP contribution in [0.5, 0.6) is 0 Å². The summed E-state index contributed by atoms with van der Waals surface area (Å²) < 4.78 is 23.3. The van der Waals surface area contributed by atoms with Gasteiger partial charge in [0, 0.05) is 19.3 Å². The number of amides is 1. The third-order valence-corrected chi connectivity index (χ3v) is 5.12. The molecule has 1 aromatic heterocycles. The van der Waals surface area contributed by atoms with Gasteiger partial charge in [-0.1, -0.05) is 29.8 Å². The van der Waals surface area contributed by atoms with Gasteiger partial charge in [0.05, 0.1) is 0 Å². The second-order valence-electron chi connectivity index (χ2n) is 6.13. The molecule has 2 heterocycles. The molecule has 1 aliphatic heterocycles. The molecule has 8 heteroatoms. The van der Waals surface area contributed by atoms with Crippen molar-refractivity contribution in [1.82, 2.24) is 9.88 Å². The maximum atomic E-state index is 12.6. The fourth-order valence-corrected chi connectivity index (χ4v) is 3.49. The molecule has 0 spiro atoms. The third kappa shape index (κ3) is 3.97. The van der Waals surface area contributed by atoms with E-state index in [1.807, 2.05) is 31.2 Å². The van der Waals surface area contributed by atoms with Crippen LogP contribution in [0.15, 0.2) is 47.5 Å². The molecular formula is C17H20N4O3S. The van der Waals surface area contributed by atoms with E-state index in [2.05, 4.69) is 10.3 Å². The first-order valence-corrected chi connectivity index (χ1v) is 9.48. The number of nitrogens with two attached hydrogens (primary N) is 1. The third-order valence-electron chi connectivity index (χ3n) is 4.18. The minimum atomic E-state index is -3.91. The van der Waals surface area contributed by atoms with Gasteiger partial charge >= 0.3 is 0 Å². The molecule has 1 unspecified atom stereocenters. The van der Waals surface area contributed by atoms with E-state index in [9.17, 15) is 13.2 Å². The minimum absolute atomic E-state index is 0.0772. The van der Waals surface area contributed by atoms with Crippen LogP contribution in [0, 0.1) is 6.92 Å². The van der Waals surface area contributed by atoms with E-state index >= 15 is 0 Å². The van der Waals surface area contributed by atoms with Crippen LogP contribution in [-0.2, 0) is 21.4 Å². The van der Waals surface area contributed by atoms with Gasteiger partial charge in [0.15, 0.2) is 0 Å². The van der Waals surface area contributed by atoms with Crippen molar-refractivity contribution in [3.8, 4) is 0 Å². The predicted molar refractivity (Wildman–Crippen MR) is 94.2 cm³/mol. The first-order chi connectivity index (χ1) is 11.8. The Morgan fingerprint density at radius 2 is 2.00 bits per heavy atom. The van der Waals surface area contributed by atoms with E-state index in [0.29, 0.717) is 19.5 Å². The van der Waals surface area contributed by atoms with Crippen molar-refractivity contribution in [3.05, 3.63) is 53.7 Å². The lowest BCUT2D eigenvalue weighted by Crippen LogP contribution is -2.34. The Bertz CT molecular complexity index is 881. The second kappa shape index (κ2) is 6.81. The van der Waals surface area contributed by atoms with Gasteiger partial charge in [-0.2, -0.15) is 0 Å². The normalized spacial score (nSPS) is 17.8. The number of sulfonamides is 1. The van der Waals surface area contributed by atoms with Crippen LogP contribution in [0.2, 0.25) is 0 Å². The maximum Gasteiger partial charge on any atom is 0.245 e. The summed E-state index contributed by atoms with van der Waals surface area (Å²) in [6.07, 6.45) is 2.03. The quantitative estimate of drug-likeness (QED) is 0.835. The number of aryl methyl sites for hydroxylation is 1. The van der Waals surface area contributed by atoms with Crippen LogP contribution < -0.4 is 10.5 Å². The van der Waals surface area contributed by atoms with E-state index in [1.54, 1.807) is 4.90 Å². The number of benzene rings is 1. The van der Waals surface area contributed by atoms with Crippen LogP contribution in [0.3, 0.4) is 0 Å². The maximum absolute atomic E-state index is 12.6. The number of carbonyl (C=O) groups excluding carboxylic acids is 1. The Morgan fingerprint density at radius 1 is 1.28 bits per heavy atom. The Morgan fingerprint density at radius 3 is 2.68 bits per heavy atom. The van der Waals surface area contributed by atoms with Crippen molar-refractivity contribution in [3.63, 3.8) is 0 Å². The van der Waals surface area contributed by atoms with E-state index < -0.39 is 16.1 Å². The number of primary sulfonamides is 1. The van der Waals surface area contributed by atoms with Crippen LogP contribution in [0.4, 0.5) is 5.82 Å². The van der Waals surface area contributed by atoms with Gasteiger partial charge in [-0.05, 0) is 31.0 Å². The van der Waals surface area contributed by atoms with Gasteiger partial charge in [-0.15, -0.1) is 0 Å². The smallest absolute Gasteiger partial charge is 0.245 e. The Balaban J connectivity index is 1.72. The Kier molecular flexibility index (Phi) is 4.73. The number of aromatic nitrogens is 1. The molecule has 7 nitrogen and oxygen atoms in total. The molecule has 0 aliphatic carbocycles. The summed E-state index contributed by atoms with van der Waals surface area (Å²) in [5, 5.41) is 8.13. The van der Waals surface area contributed by atoms with Gasteiger partial charge in [0.2, 0.25) is 15.9 Å². The molecule has 1 fully saturated rings. The minimum Gasteiger partial charge on any atom is -0.357 e. The Hall–Kier alpha value is -2.45. The first kappa shape index (κ1) is 17.4. The topological polar surface area (TPSA) is 105 Å². The molecular weight excluding hydrogens is 340 g/mol. The standard InChI is InChI=1S/C17H20N4O3S/c1-12-4-6-13(7-5-12)11-21-10-8-14(17(21)22)20-16-15(25(18,23)24)3-2-9-19-16/h2-7,9,14H,8,10-11H2,1H3,(H,19,20)(H2,18,23,24). The van der Waals surface area contributed by atoms with E-state index in [-0.39, 0.29) is 16.6 Å². The highest BCUT2D eigenvalue weighted by molar-refractivity contribution is 7.89. The zero-order valence-electron chi connectivity index (χ0n) is 13.8. The number of nitrogens with zero attached hydrogens (tertiary/aromatic N) is 2. The molecule has 1 amide bonds. The molecule has 0 saturated carbocycles. The average Bonchev–Trinajstić information content (AvgIpc) is 2.90. The summed E-state index contributed by atoms with van der Waals surface area (Å²) in [7, 11) is -3.91. The van der Waals surface area contributed by atoms with Crippen molar-refractivity contribution in [1.29, 1.82) is 0 Å². The molecule has 3 rings (SSSR count). The van der Waals surface area contributed by atoms with E-state index in [1.165, 1.54) is 23.9 Å². The van der Waals surface area contributed by atoms with Gasteiger partial charge in [-0.3, -0.25) is 4.79 Å². The van der Waals surface area contributed by atoms with Crippen molar-refractivity contribution in [2.75, 3.05) is 11.9 Å². The lowest BCUT2D eigenvalue weighted by molar-refractivity contribution is -0.128. The first-order valence-electron chi connectivity index (χ1n) is 7.93. The number of hydrogen-bond donors (Lipinski definition) is 2. The van der Waals surface area contributed by atoms with Crippen molar-refractivity contribution in [2.45, 2.75) is 30.8 Å². The van der Waals surface area contributed by atoms with Crippen LogP contribution in [-0.4, -0.2) is 36.8 Å². The zero-order valence-corrected chi connectivity index (χ0v) is 14.7. The molecule has 1 aliphatic rings. The molecule has 2 aromatic rings. The van der Waals surface area contributed by atoms with E-state index in [4.69, 9.17) is 5.14 Å². The lowest BCUT2D eigenvalue weighted by atomic mass is 10.1. The van der Waals surface area contributed by atoms with Gasteiger partial charge < -0.3 is 10.2 Å². The molecule has 1 aromatic carbocycles. The lowest BCUT2D eigenvalue weighted by Gasteiger charge is -2.18. The summed E-state index contributed by atoms with van der Waals surface area (Å²) >= 11 is 0. The molecule has 132 valence electrons. The number of pyridine rings is 1. The summed E-state index contributed by atoms with van der Waals surface area (Å²) in [6, 6.07) is 10.4. The summed E-state index contributed by atoms with van der Waals surface area (Å²) in [4.78, 5) is 18.3. The average molecular weight is 360 g/mol. The van der Waals surface area contributed by atoms with Crippen LogP contribution in [0.1, 0.15) is 17.5 Å².